The molecule has 1 N–H and O–H groups in total. The second kappa shape index (κ2) is 5.64. The second-order valence-electron chi connectivity index (χ2n) is 4.02. The molecule has 1 aromatic carbocycles. The van der Waals surface area contributed by atoms with Gasteiger partial charge in [-0.05, 0) is 19.0 Å². The van der Waals surface area contributed by atoms with Gasteiger partial charge < -0.3 is 9.73 Å². The standard InChI is InChI=1S/C14H18N2O/c1-3-11-4-6-12(7-5-11)13-10-16-14(17-13)8-9-15-2/h4-7,10,15H,3,8-9H2,1-2H3. The fourth-order valence-corrected chi connectivity index (χ4v) is 1.70. The van der Waals surface area contributed by atoms with Crippen molar-refractivity contribution in [3.8, 4) is 11.3 Å². The minimum absolute atomic E-state index is 0.786. The first-order valence-corrected chi connectivity index (χ1v) is 6.02. The zero-order valence-electron chi connectivity index (χ0n) is 10.4. The number of nitrogens with one attached hydrogen (secondary N) is 1. The molecule has 0 bridgehead atoms. The molecule has 0 spiro atoms. The van der Waals surface area contributed by atoms with Gasteiger partial charge in [-0.1, -0.05) is 31.2 Å². The van der Waals surface area contributed by atoms with Crippen molar-refractivity contribution in [1.29, 1.82) is 0 Å². The molecule has 0 aliphatic heterocycles. The Morgan fingerprint density at radius 2 is 2.00 bits per heavy atom. The summed E-state index contributed by atoms with van der Waals surface area (Å²) in [5, 5.41) is 3.08. The molecular formula is C14H18N2O. The lowest BCUT2D eigenvalue weighted by atomic mass is 10.1. The van der Waals surface area contributed by atoms with Crippen LogP contribution in [0.5, 0.6) is 0 Å². The highest BCUT2D eigenvalue weighted by atomic mass is 16.4. The van der Waals surface area contributed by atoms with Gasteiger partial charge in [0.05, 0.1) is 6.20 Å². The fraction of sp³-hybridized carbons (Fsp3) is 0.357. The third kappa shape index (κ3) is 2.94. The smallest absolute Gasteiger partial charge is 0.196 e. The Morgan fingerprint density at radius 3 is 2.65 bits per heavy atom. The monoisotopic (exact) mass is 230 g/mol. The van der Waals surface area contributed by atoms with Crippen LogP contribution in [0.4, 0.5) is 0 Å². The Hall–Kier alpha value is -1.61. The summed E-state index contributed by atoms with van der Waals surface area (Å²) in [6.45, 7) is 3.04. The predicted octanol–water partition coefficient (Wildman–Crippen LogP) is 2.67. The van der Waals surface area contributed by atoms with Gasteiger partial charge in [0.15, 0.2) is 11.7 Å². The molecule has 0 amide bonds. The first kappa shape index (κ1) is 11.9. The highest BCUT2D eigenvalue weighted by Crippen LogP contribution is 2.21. The number of hydrogen-bond donors (Lipinski definition) is 1. The largest absolute Gasteiger partial charge is 0.441 e. The molecule has 1 heterocycles. The van der Waals surface area contributed by atoms with Gasteiger partial charge >= 0.3 is 0 Å². The molecule has 1 aromatic heterocycles. The number of likely N-dealkylation sites (N-methyl/N-ethyl adjacent to an activating group) is 1. The second-order valence-corrected chi connectivity index (χ2v) is 4.02. The SMILES string of the molecule is CCc1ccc(-c2cnc(CCNC)o2)cc1. The van der Waals surface area contributed by atoms with Crippen molar-refractivity contribution in [1.82, 2.24) is 10.3 Å². The van der Waals surface area contributed by atoms with Crippen molar-refractivity contribution in [2.24, 2.45) is 0 Å². The molecule has 0 unspecified atom stereocenters. The molecule has 90 valence electrons. The van der Waals surface area contributed by atoms with Crippen molar-refractivity contribution < 1.29 is 4.42 Å². The summed E-state index contributed by atoms with van der Waals surface area (Å²) in [6.07, 6.45) is 3.68. The summed E-state index contributed by atoms with van der Waals surface area (Å²) in [5.41, 5.74) is 2.43. The molecule has 3 nitrogen and oxygen atoms in total. The minimum Gasteiger partial charge on any atom is -0.441 e. The van der Waals surface area contributed by atoms with Crippen LogP contribution in [-0.4, -0.2) is 18.6 Å². The quantitative estimate of drug-likeness (QED) is 0.858. The van der Waals surface area contributed by atoms with Crippen molar-refractivity contribution in [3.05, 3.63) is 41.9 Å². The van der Waals surface area contributed by atoms with Gasteiger partial charge in [-0.2, -0.15) is 0 Å². The summed E-state index contributed by atoms with van der Waals surface area (Å²) in [6, 6.07) is 8.43. The van der Waals surface area contributed by atoms with Crippen molar-refractivity contribution in [2.75, 3.05) is 13.6 Å². The first-order valence-electron chi connectivity index (χ1n) is 6.02. The minimum atomic E-state index is 0.786. The molecule has 0 aliphatic rings. The molecule has 0 radical (unpaired) electrons. The normalized spacial score (nSPS) is 10.7. The van der Waals surface area contributed by atoms with E-state index in [-0.39, 0.29) is 0 Å². The van der Waals surface area contributed by atoms with Gasteiger partial charge in [0, 0.05) is 18.5 Å². The Kier molecular flexibility index (Phi) is 3.94. The number of aryl methyl sites for hydroxylation is 1. The molecule has 2 aromatic rings. The number of hydrogen-bond acceptors (Lipinski definition) is 3. The lowest BCUT2D eigenvalue weighted by molar-refractivity contribution is 0.501. The molecule has 0 atom stereocenters. The molecule has 17 heavy (non-hydrogen) atoms. The number of rotatable bonds is 5. The maximum absolute atomic E-state index is 5.69. The van der Waals surface area contributed by atoms with Gasteiger partial charge in [-0.15, -0.1) is 0 Å². The fourth-order valence-electron chi connectivity index (χ4n) is 1.70. The van der Waals surface area contributed by atoms with Crippen LogP contribution in [0, 0.1) is 0 Å². The maximum atomic E-state index is 5.69. The van der Waals surface area contributed by atoms with Crippen LogP contribution in [0.2, 0.25) is 0 Å². The van der Waals surface area contributed by atoms with E-state index in [0.29, 0.717) is 0 Å². The van der Waals surface area contributed by atoms with E-state index < -0.39 is 0 Å². The van der Waals surface area contributed by atoms with E-state index in [9.17, 15) is 0 Å². The molecule has 2 rings (SSSR count). The summed E-state index contributed by atoms with van der Waals surface area (Å²) in [7, 11) is 1.92. The van der Waals surface area contributed by atoms with Crippen molar-refractivity contribution in [2.45, 2.75) is 19.8 Å². The Bertz CT molecular complexity index is 459. The van der Waals surface area contributed by atoms with Crippen LogP contribution in [0.25, 0.3) is 11.3 Å². The van der Waals surface area contributed by atoms with Crippen LogP contribution in [-0.2, 0) is 12.8 Å². The lowest BCUT2D eigenvalue weighted by Crippen LogP contribution is -2.10. The Balaban J connectivity index is 2.12. The summed E-state index contributed by atoms with van der Waals surface area (Å²) in [4.78, 5) is 4.27. The Labute approximate surface area is 102 Å². The van der Waals surface area contributed by atoms with Crippen LogP contribution in [0.1, 0.15) is 18.4 Å². The Morgan fingerprint density at radius 1 is 1.24 bits per heavy atom. The number of nitrogens with zero attached hydrogens (tertiary/aromatic N) is 1. The van der Waals surface area contributed by atoms with E-state index in [1.54, 1.807) is 6.20 Å². The number of oxazole rings is 1. The van der Waals surface area contributed by atoms with Crippen LogP contribution >= 0.6 is 0 Å². The van der Waals surface area contributed by atoms with E-state index >= 15 is 0 Å². The highest BCUT2D eigenvalue weighted by Gasteiger charge is 2.05. The third-order valence-corrected chi connectivity index (χ3v) is 2.79. The molecule has 0 fully saturated rings. The molecular weight excluding hydrogens is 212 g/mol. The topological polar surface area (TPSA) is 38.1 Å². The van der Waals surface area contributed by atoms with Gasteiger partial charge in [0.2, 0.25) is 0 Å². The summed E-state index contributed by atoms with van der Waals surface area (Å²) < 4.78 is 5.69. The predicted molar refractivity (Wildman–Crippen MR) is 68.9 cm³/mol. The van der Waals surface area contributed by atoms with Crippen molar-refractivity contribution >= 4 is 0 Å². The van der Waals surface area contributed by atoms with Crippen LogP contribution in [0.3, 0.4) is 0 Å². The molecule has 0 aliphatic carbocycles. The van der Waals surface area contributed by atoms with Gasteiger partial charge in [-0.25, -0.2) is 4.98 Å². The van der Waals surface area contributed by atoms with E-state index in [0.717, 1.165) is 36.6 Å². The average Bonchev–Trinajstić information content (AvgIpc) is 2.85. The maximum Gasteiger partial charge on any atom is 0.196 e. The first-order chi connectivity index (χ1) is 8.33. The lowest BCUT2D eigenvalue weighted by Gasteiger charge is -1.99. The zero-order chi connectivity index (χ0) is 12.1. The number of aromatic nitrogens is 1. The molecule has 0 saturated heterocycles. The molecule has 0 saturated carbocycles. The van der Waals surface area contributed by atoms with Gasteiger partial charge in [0.1, 0.15) is 0 Å². The van der Waals surface area contributed by atoms with Gasteiger partial charge in [0.25, 0.3) is 0 Å². The highest BCUT2D eigenvalue weighted by molar-refractivity contribution is 5.56. The van der Waals surface area contributed by atoms with E-state index in [4.69, 9.17) is 4.42 Å². The summed E-state index contributed by atoms with van der Waals surface area (Å²) >= 11 is 0. The zero-order valence-corrected chi connectivity index (χ0v) is 10.4. The average molecular weight is 230 g/mol. The van der Waals surface area contributed by atoms with Crippen molar-refractivity contribution in [3.63, 3.8) is 0 Å². The number of benzene rings is 1. The summed E-state index contributed by atoms with van der Waals surface area (Å²) in [5.74, 6) is 1.63. The van der Waals surface area contributed by atoms with E-state index in [2.05, 4.69) is 41.5 Å². The van der Waals surface area contributed by atoms with E-state index in [1.807, 2.05) is 7.05 Å². The van der Waals surface area contributed by atoms with Crippen LogP contribution < -0.4 is 5.32 Å². The third-order valence-electron chi connectivity index (χ3n) is 2.79. The molecule has 3 heteroatoms. The van der Waals surface area contributed by atoms with E-state index in [1.165, 1.54) is 5.56 Å². The van der Waals surface area contributed by atoms with Crippen LogP contribution in [0.15, 0.2) is 34.9 Å². The van der Waals surface area contributed by atoms with Gasteiger partial charge in [-0.3, -0.25) is 0 Å².